The lowest BCUT2D eigenvalue weighted by Crippen LogP contribution is -2.34. The second kappa shape index (κ2) is 3.65. The van der Waals surface area contributed by atoms with Crippen LogP contribution >= 0.6 is 0 Å². The van der Waals surface area contributed by atoms with E-state index in [1.54, 1.807) is 0 Å². The van der Waals surface area contributed by atoms with Gasteiger partial charge in [-0.2, -0.15) is 0 Å². The fourth-order valence-corrected chi connectivity index (χ4v) is 5.06. The molecule has 21 heavy (non-hydrogen) atoms. The van der Waals surface area contributed by atoms with Crippen LogP contribution in [0.2, 0.25) is 0 Å². The predicted octanol–water partition coefficient (Wildman–Crippen LogP) is 2.38. The smallest absolute Gasteiger partial charge is 0.234 e. The van der Waals surface area contributed by atoms with Crippen molar-refractivity contribution in [3.8, 4) is 0 Å². The Morgan fingerprint density at radius 1 is 0.952 bits per heavy atom. The second-order valence-corrected chi connectivity index (χ2v) is 6.97. The third kappa shape index (κ3) is 1.30. The van der Waals surface area contributed by atoms with Crippen molar-refractivity contribution >= 4 is 11.8 Å². The molecular weight excluding hydrogens is 262 g/mol. The Balaban J connectivity index is 1.48. The highest BCUT2D eigenvalue weighted by Gasteiger charge is 2.73. The summed E-state index contributed by atoms with van der Waals surface area (Å²) >= 11 is 0. The first-order chi connectivity index (χ1) is 10.2. The Morgan fingerprint density at radius 3 is 2.05 bits per heavy atom. The number of carbonyl (C=O) groups excluding carboxylic acids is 2. The molecule has 1 aromatic rings. The van der Waals surface area contributed by atoms with E-state index in [9.17, 15) is 9.59 Å². The quantitative estimate of drug-likeness (QED) is 0.616. The standard InChI is InChI=1S/C18H17NO2/c20-16-14-12-6-7-13(18(12)8-9-18)15(14)17(21)19(16)10-11-4-2-1-3-5-11/h1-7,12-15H,8-10H2/t12-,13+,14+,15-. The Bertz CT molecular complexity index is 640. The molecule has 5 rings (SSSR count). The molecule has 4 atom stereocenters. The van der Waals surface area contributed by atoms with Gasteiger partial charge in [0.15, 0.2) is 0 Å². The van der Waals surface area contributed by atoms with Crippen molar-refractivity contribution in [3.05, 3.63) is 48.0 Å². The summed E-state index contributed by atoms with van der Waals surface area (Å²) in [5.74, 6) is 0.640. The average Bonchev–Trinajstić information content (AvgIpc) is 3.11. The lowest BCUT2D eigenvalue weighted by molar-refractivity contribution is -0.141. The maximum Gasteiger partial charge on any atom is 0.234 e. The number of likely N-dealkylation sites (tertiary alicyclic amines) is 1. The summed E-state index contributed by atoms with van der Waals surface area (Å²) in [6.45, 7) is 0.429. The molecule has 1 saturated heterocycles. The lowest BCUT2D eigenvalue weighted by atomic mass is 9.85. The van der Waals surface area contributed by atoms with E-state index in [1.807, 2.05) is 30.3 Å². The average molecular weight is 279 g/mol. The van der Waals surface area contributed by atoms with Gasteiger partial charge in [0.2, 0.25) is 11.8 Å². The normalized spacial score (nSPS) is 37.6. The zero-order valence-electron chi connectivity index (χ0n) is 11.7. The van der Waals surface area contributed by atoms with Crippen molar-refractivity contribution in [2.75, 3.05) is 0 Å². The molecule has 2 amide bonds. The van der Waals surface area contributed by atoms with Gasteiger partial charge in [0.1, 0.15) is 0 Å². The number of allylic oxidation sites excluding steroid dienone is 2. The molecule has 4 aliphatic rings. The van der Waals surface area contributed by atoms with Gasteiger partial charge < -0.3 is 0 Å². The molecule has 106 valence electrons. The third-order valence-electron chi connectivity index (χ3n) is 6.13. The van der Waals surface area contributed by atoms with Crippen molar-refractivity contribution < 1.29 is 9.59 Å². The van der Waals surface area contributed by atoms with Crippen LogP contribution in [0.5, 0.6) is 0 Å². The molecule has 3 heteroatoms. The van der Waals surface area contributed by atoms with Gasteiger partial charge in [-0.25, -0.2) is 0 Å². The summed E-state index contributed by atoms with van der Waals surface area (Å²) in [7, 11) is 0. The topological polar surface area (TPSA) is 37.4 Å². The summed E-state index contributed by atoms with van der Waals surface area (Å²) in [4.78, 5) is 27.1. The fraction of sp³-hybridized carbons (Fsp3) is 0.444. The minimum Gasteiger partial charge on any atom is -0.278 e. The molecule has 1 aromatic carbocycles. The van der Waals surface area contributed by atoms with E-state index in [-0.39, 0.29) is 23.7 Å². The Kier molecular flexibility index (Phi) is 2.04. The van der Waals surface area contributed by atoms with Crippen LogP contribution in [-0.2, 0) is 16.1 Å². The highest BCUT2D eigenvalue weighted by atomic mass is 16.2. The van der Waals surface area contributed by atoms with Gasteiger partial charge in [-0.3, -0.25) is 14.5 Å². The Labute approximate surface area is 123 Å². The molecule has 1 spiro atoms. The number of benzene rings is 1. The van der Waals surface area contributed by atoms with Gasteiger partial charge in [-0.05, 0) is 35.7 Å². The molecule has 0 unspecified atom stereocenters. The molecule has 0 radical (unpaired) electrons. The van der Waals surface area contributed by atoms with Gasteiger partial charge in [-0.1, -0.05) is 42.5 Å². The van der Waals surface area contributed by atoms with E-state index in [0.29, 0.717) is 23.8 Å². The second-order valence-electron chi connectivity index (χ2n) is 6.97. The van der Waals surface area contributed by atoms with E-state index in [1.165, 1.54) is 17.7 Å². The number of nitrogens with zero attached hydrogens (tertiary/aromatic N) is 1. The molecule has 1 aliphatic heterocycles. The zero-order valence-corrected chi connectivity index (χ0v) is 11.7. The molecule has 3 fully saturated rings. The maximum absolute atomic E-state index is 12.8. The number of amides is 2. The first kappa shape index (κ1) is 11.7. The minimum atomic E-state index is -0.0706. The first-order valence-electron chi connectivity index (χ1n) is 7.80. The fourth-order valence-electron chi connectivity index (χ4n) is 5.06. The number of rotatable bonds is 2. The zero-order chi connectivity index (χ0) is 14.2. The van der Waals surface area contributed by atoms with E-state index in [4.69, 9.17) is 0 Å². The van der Waals surface area contributed by atoms with Gasteiger partial charge in [0.05, 0.1) is 18.4 Å². The van der Waals surface area contributed by atoms with Crippen LogP contribution in [-0.4, -0.2) is 16.7 Å². The first-order valence-corrected chi connectivity index (χ1v) is 7.80. The minimum absolute atomic E-state index is 0.0666. The lowest BCUT2D eigenvalue weighted by Gasteiger charge is -2.21. The Hall–Kier alpha value is -1.90. The summed E-state index contributed by atoms with van der Waals surface area (Å²) in [6, 6.07) is 9.80. The van der Waals surface area contributed by atoms with Crippen LogP contribution in [0.25, 0.3) is 0 Å². The summed E-state index contributed by atoms with van der Waals surface area (Å²) in [6.07, 6.45) is 6.83. The van der Waals surface area contributed by atoms with Gasteiger partial charge in [0.25, 0.3) is 0 Å². The van der Waals surface area contributed by atoms with Crippen molar-refractivity contribution in [1.29, 1.82) is 0 Å². The molecule has 1 heterocycles. The van der Waals surface area contributed by atoms with Gasteiger partial charge in [-0.15, -0.1) is 0 Å². The van der Waals surface area contributed by atoms with Crippen LogP contribution in [0.1, 0.15) is 18.4 Å². The summed E-state index contributed by atoms with van der Waals surface area (Å²) in [5.41, 5.74) is 1.32. The predicted molar refractivity (Wildman–Crippen MR) is 76.8 cm³/mol. The molecule has 0 N–H and O–H groups in total. The van der Waals surface area contributed by atoms with Crippen molar-refractivity contribution in [3.63, 3.8) is 0 Å². The van der Waals surface area contributed by atoms with Crippen molar-refractivity contribution in [1.82, 2.24) is 4.90 Å². The van der Waals surface area contributed by atoms with Gasteiger partial charge in [0, 0.05) is 0 Å². The van der Waals surface area contributed by atoms with E-state index in [0.717, 1.165) is 5.56 Å². The van der Waals surface area contributed by atoms with Crippen LogP contribution in [0.3, 0.4) is 0 Å². The van der Waals surface area contributed by atoms with Crippen LogP contribution < -0.4 is 0 Å². The van der Waals surface area contributed by atoms with E-state index < -0.39 is 0 Å². The number of carbonyl (C=O) groups is 2. The number of fused-ring (bicyclic) bond motifs is 3. The molecule has 3 nitrogen and oxygen atoms in total. The maximum atomic E-state index is 12.8. The number of hydrogen-bond acceptors (Lipinski definition) is 2. The van der Waals surface area contributed by atoms with E-state index >= 15 is 0 Å². The molecule has 2 bridgehead atoms. The van der Waals surface area contributed by atoms with Crippen molar-refractivity contribution in [2.45, 2.75) is 19.4 Å². The highest BCUT2D eigenvalue weighted by molar-refractivity contribution is 6.06. The SMILES string of the molecule is O=C1[C@@H]2[C@H](C(=O)N1Cc1ccccc1)[C@@H]1C=C[C@H]2C12CC2. The van der Waals surface area contributed by atoms with Crippen LogP contribution in [0, 0.1) is 29.1 Å². The summed E-state index contributed by atoms with van der Waals surface area (Å²) in [5, 5.41) is 0. The molecular formula is C18H17NO2. The number of imide groups is 1. The van der Waals surface area contributed by atoms with Gasteiger partial charge >= 0.3 is 0 Å². The largest absolute Gasteiger partial charge is 0.278 e. The third-order valence-corrected chi connectivity index (χ3v) is 6.13. The van der Waals surface area contributed by atoms with E-state index in [2.05, 4.69) is 12.2 Å². The molecule has 3 aliphatic carbocycles. The van der Waals surface area contributed by atoms with Crippen LogP contribution in [0.4, 0.5) is 0 Å². The van der Waals surface area contributed by atoms with Crippen molar-refractivity contribution in [2.24, 2.45) is 29.1 Å². The summed E-state index contributed by atoms with van der Waals surface area (Å²) < 4.78 is 0. The Morgan fingerprint density at radius 2 is 1.52 bits per heavy atom. The molecule has 0 aromatic heterocycles. The highest BCUT2D eigenvalue weighted by Crippen LogP contribution is 2.73. The number of hydrogen-bond donors (Lipinski definition) is 0. The monoisotopic (exact) mass is 279 g/mol. The van der Waals surface area contributed by atoms with Crippen LogP contribution in [0.15, 0.2) is 42.5 Å². The molecule has 2 saturated carbocycles.